The van der Waals surface area contributed by atoms with Crippen molar-refractivity contribution in [2.24, 2.45) is 5.73 Å². The van der Waals surface area contributed by atoms with Gasteiger partial charge in [0.15, 0.2) is 0 Å². The Kier molecular flexibility index (Phi) is 8.73. The van der Waals surface area contributed by atoms with Crippen molar-refractivity contribution < 1.29 is 0 Å². The lowest BCUT2D eigenvalue weighted by Gasteiger charge is -2.26. The second kappa shape index (κ2) is 14.5. The number of para-hydroxylation sites is 2. The summed E-state index contributed by atoms with van der Waals surface area (Å²) in [6.45, 7) is 0.708. The van der Waals surface area contributed by atoms with Gasteiger partial charge in [0.05, 0.1) is 34.4 Å². The van der Waals surface area contributed by atoms with Gasteiger partial charge in [0.25, 0.3) is 0 Å². The largest absolute Gasteiger partial charge is 0.312 e. The summed E-state index contributed by atoms with van der Waals surface area (Å²) in [7, 11) is 0. The second-order valence-electron chi connectivity index (χ2n) is 14.5. The average Bonchev–Trinajstić information content (AvgIpc) is 3.77. The predicted molar refractivity (Wildman–Crippen MR) is 233 cm³/mol. The van der Waals surface area contributed by atoms with Gasteiger partial charge in [0.2, 0.25) is 0 Å². The van der Waals surface area contributed by atoms with Crippen LogP contribution in [0.15, 0.2) is 200 Å². The van der Waals surface area contributed by atoms with Crippen molar-refractivity contribution in [2.75, 3.05) is 0 Å². The first kappa shape index (κ1) is 33.8. The molecule has 8 aromatic carbocycles. The van der Waals surface area contributed by atoms with Gasteiger partial charge in [-0.2, -0.15) is 0 Å². The van der Waals surface area contributed by atoms with Crippen molar-refractivity contribution in [1.29, 1.82) is 0 Å². The number of fused-ring (bicyclic) bond motifs is 6. The second-order valence-corrected chi connectivity index (χ2v) is 14.5. The molecule has 2 heterocycles. The summed E-state index contributed by atoms with van der Waals surface area (Å²) in [4.78, 5) is 0. The average molecular weight is 724 g/mol. The van der Waals surface area contributed by atoms with Gasteiger partial charge in [-0.1, -0.05) is 152 Å². The van der Waals surface area contributed by atoms with Gasteiger partial charge >= 0.3 is 0 Å². The van der Waals surface area contributed by atoms with Crippen LogP contribution in [0.1, 0.15) is 29.0 Å². The minimum atomic E-state index is -0.441. The maximum Gasteiger partial charge on any atom is 0.0852 e. The quantitative estimate of drug-likeness (QED) is 0.123. The summed E-state index contributed by atoms with van der Waals surface area (Å²) >= 11 is 0. The molecule has 0 aliphatic rings. The Morgan fingerprint density at radius 2 is 0.982 bits per heavy atom. The van der Waals surface area contributed by atoms with E-state index in [9.17, 15) is 0 Å². The molecule has 0 aliphatic heterocycles. The molecule has 0 saturated heterocycles. The minimum Gasteiger partial charge on any atom is -0.312 e. The molecule has 0 fully saturated rings. The van der Waals surface area contributed by atoms with Gasteiger partial charge in [-0.3, -0.25) is 10.6 Å². The number of hydrogen-bond donors (Lipinski definition) is 3. The molecule has 0 bridgehead atoms. The molecule has 0 radical (unpaired) electrons. The SMILES string of the molecule is NC(NC(NCc1ccccc1)c1ccccc1)c1cccc(-n2c3cc(-c4ccccc4)ccc3c3cc4c5ccccc5n(-c5ccccc5)c4cc32)c1. The highest BCUT2D eigenvalue weighted by Crippen LogP contribution is 2.41. The normalized spacial score (nSPS) is 12.8. The summed E-state index contributed by atoms with van der Waals surface area (Å²) in [6, 6.07) is 71.3. The molecular formula is C51H41N5. The van der Waals surface area contributed by atoms with Gasteiger partial charge in [-0.25, -0.2) is 0 Å². The first-order valence-corrected chi connectivity index (χ1v) is 19.3. The van der Waals surface area contributed by atoms with Crippen LogP contribution in [0.25, 0.3) is 66.1 Å². The highest BCUT2D eigenvalue weighted by Gasteiger charge is 2.21. The zero-order chi connectivity index (χ0) is 37.4. The topological polar surface area (TPSA) is 59.9 Å². The maximum atomic E-state index is 7.09. The Balaban J connectivity index is 1.13. The molecular weight excluding hydrogens is 683 g/mol. The van der Waals surface area contributed by atoms with E-state index in [0.717, 1.165) is 33.5 Å². The van der Waals surface area contributed by atoms with Crippen LogP contribution in [0, 0.1) is 0 Å². The van der Waals surface area contributed by atoms with Gasteiger partial charge in [0, 0.05) is 39.5 Å². The van der Waals surface area contributed by atoms with Crippen LogP contribution in [0.2, 0.25) is 0 Å². The molecule has 0 spiro atoms. The van der Waals surface area contributed by atoms with Crippen LogP contribution >= 0.6 is 0 Å². The first-order valence-electron chi connectivity index (χ1n) is 19.3. The molecule has 5 heteroatoms. The molecule has 2 unspecified atom stereocenters. The number of rotatable bonds is 10. The van der Waals surface area contributed by atoms with Crippen LogP contribution in [0.3, 0.4) is 0 Å². The molecule has 0 saturated carbocycles. The molecule has 56 heavy (non-hydrogen) atoms. The van der Waals surface area contributed by atoms with E-state index in [1.54, 1.807) is 0 Å². The van der Waals surface area contributed by atoms with Crippen LogP contribution < -0.4 is 16.4 Å². The van der Waals surface area contributed by atoms with E-state index in [1.165, 1.54) is 49.3 Å². The molecule has 5 nitrogen and oxygen atoms in total. The number of benzene rings is 8. The fourth-order valence-corrected chi connectivity index (χ4v) is 8.29. The van der Waals surface area contributed by atoms with Gasteiger partial charge in [0.1, 0.15) is 0 Å². The first-order chi connectivity index (χ1) is 27.7. The van der Waals surface area contributed by atoms with Crippen molar-refractivity contribution >= 4 is 43.6 Å². The highest BCUT2D eigenvalue weighted by molar-refractivity contribution is 6.19. The third-order valence-electron chi connectivity index (χ3n) is 11.0. The zero-order valence-corrected chi connectivity index (χ0v) is 30.9. The Hall–Kier alpha value is -6.76. The third-order valence-corrected chi connectivity index (χ3v) is 11.0. The van der Waals surface area contributed by atoms with Gasteiger partial charge in [-0.05, 0) is 76.3 Å². The number of nitrogens with one attached hydrogen (secondary N) is 2. The lowest BCUT2D eigenvalue weighted by molar-refractivity contribution is 0.386. The summed E-state index contributed by atoms with van der Waals surface area (Å²) in [6.07, 6.45) is -0.603. The van der Waals surface area contributed by atoms with Crippen LogP contribution in [0.5, 0.6) is 0 Å². The molecule has 4 N–H and O–H groups in total. The number of nitrogens with two attached hydrogens (primary N) is 1. The number of aromatic nitrogens is 2. The summed E-state index contributed by atoms with van der Waals surface area (Å²) < 4.78 is 4.81. The van der Waals surface area contributed by atoms with Crippen LogP contribution in [-0.2, 0) is 6.54 Å². The Morgan fingerprint density at radius 1 is 0.411 bits per heavy atom. The predicted octanol–water partition coefficient (Wildman–Crippen LogP) is 11.6. The van der Waals surface area contributed by atoms with Crippen molar-refractivity contribution in [3.63, 3.8) is 0 Å². The van der Waals surface area contributed by atoms with Crippen molar-refractivity contribution in [2.45, 2.75) is 18.9 Å². The lowest BCUT2D eigenvalue weighted by atomic mass is 10.0. The monoisotopic (exact) mass is 723 g/mol. The number of nitrogens with zero attached hydrogens (tertiary/aromatic N) is 2. The van der Waals surface area contributed by atoms with Gasteiger partial charge in [-0.15, -0.1) is 0 Å². The van der Waals surface area contributed by atoms with Crippen molar-refractivity contribution in [3.8, 4) is 22.5 Å². The van der Waals surface area contributed by atoms with Crippen molar-refractivity contribution in [1.82, 2.24) is 19.8 Å². The van der Waals surface area contributed by atoms with Crippen molar-refractivity contribution in [3.05, 3.63) is 217 Å². The molecule has 0 amide bonds. The summed E-state index contributed by atoms with van der Waals surface area (Å²) in [5, 5.41) is 12.3. The fraction of sp³-hybridized carbons (Fsp3) is 0.0588. The van der Waals surface area contributed by atoms with E-state index < -0.39 is 6.17 Å². The Labute approximate surface area is 326 Å². The van der Waals surface area contributed by atoms with E-state index in [0.29, 0.717) is 6.54 Å². The minimum absolute atomic E-state index is 0.162. The number of hydrogen-bond acceptors (Lipinski definition) is 3. The molecule has 0 aliphatic carbocycles. The molecule has 10 rings (SSSR count). The third kappa shape index (κ3) is 6.14. The van der Waals surface area contributed by atoms with Crippen LogP contribution in [0.4, 0.5) is 0 Å². The van der Waals surface area contributed by atoms with Crippen LogP contribution in [-0.4, -0.2) is 9.13 Å². The maximum absolute atomic E-state index is 7.09. The summed E-state index contributed by atoms with van der Waals surface area (Å²) in [5.74, 6) is 0. The smallest absolute Gasteiger partial charge is 0.0852 e. The van der Waals surface area contributed by atoms with E-state index >= 15 is 0 Å². The standard InChI is InChI=1S/C51H41N5/c52-50(54-51(37-20-9-3-10-21-37)53-34-35-16-5-1-6-17-35)39-22-15-25-41(30-39)56-47-31-38(36-18-7-2-8-19-36)28-29-43(47)45-32-44-42-26-13-14-27-46(42)55(48(44)33-49(45)56)40-23-11-4-12-24-40/h1-33,50-51,53-54H,34,52H2. The molecule has 10 aromatic rings. The van der Waals surface area contributed by atoms with E-state index in [-0.39, 0.29) is 6.17 Å². The fourth-order valence-electron chi connectivity index (χ4n) is 8.29. The van der Waals surface area contributed by atoms with E-state index in [1.807, 2.05) is 12.1 Å². The zero-order valence-electron chi connectivity index (χ0n) is 30.9. The highest BCUT2D eigenvalue weighted by atomic mass is 15.2. The molecule has 2 aromatic heterocycles. The molecule has 270 valence electrons. The summed E-state index contributed by atoms with van der Waals surface area (Å²) in [5.41, 5.74) is 19.6. The van der Waals surface area contributed by atoms with Gasteiger partial charge < -0.3 is 14.9 Å². The van der Waals surface area contributed by atoms with E-state index in [2.05, 4.69) is 208 Å². The lowest BCUT2D eigenvalue weighted by Crippen LogP contribution is -2.39. The Bertz CT molecular complexity index is 2950. The Morgan fingerprint density at radius 3 is 1.73 bits per heavy atom. The molecule has 2 atom stereocenters. The van der Waals surface area contributed by atoms with E-state index in [4.69, 9.17) is 5.73 Å².